The minimum atomic E-state index is -0.726. The highest BCUT2D eigenvalue weighted by Gasteiger charge is 2.14. The number of amides is 1. The average molecular weight is 464 g/mol. The number of nitrogens with one attached hydrogen (secondary N) is 3. The third kappa shape index (κ3) is 5.88. The standard InChI is InChI=1S/C22H21ClF3N5O/c1-3-16(4-2)27-22(29-21(32)12-5-6-17(23)18(26)9-12)28-20-11-19(30-31-20)13-7-14(24)10-15(25)8-13/h5-11,16H,3-4H2,1-2H3,(H3,27,28,29,30,31,32). The summed E-state index contributed by atoms with van der Waals surface area (Å²) in [6.45, 7) is 3.95. The van der Waals surface area contributed by atoms with Crippen LogP contribution >= 0.6 is 11.6 Å². The highest BCUT2D eigenvalue weighted by molar-refractivity contribution is 6.30. The molecule has 2 aromatic carbocycles. The molecule has 0 fully saturated rings. The second kappa shape index (κ2) is 10.3. The van der Waals surface area contributed by atoms with Crippen LogP contribution in [0, 0.1) is 17.5 Å². The van der Waals surface area contributed by atoms with Crippen LogP contribution in [0.25, 0.3) is 11.3 Å². The van der Waals surface area contributed by atoms with Crippen molar-refractivity contribution in [2.24, 2.45) is 4.99 Å². The fourth-order valence-electron chi connectivity index (χ4n) is 2.94. The van der Waals surface area contributed by atoms with Crippen molar-refractivity contribution in [3.8, 4) is 11.3 Å². The number of H-pyrrole nitrogens is 1. The normalized spacial score (nSPS) is 11.7. The van der Waals surface area contributed by atoms with Crippen molar-refractivity contribution in [1.29, 1.82) is 0 Å². The number of aromatic amines is 1. The Morgan fingerprint density at radius 2 is 1.78 bits per heavy atom. The van der Waals surface area contributed by atoms with Crippen molar-refractivity contribution < 1.29 is 18.0 Å². The molecule has 0 radical (unpaired) electrons. The van der Waals surface area contributed by atoms with Gasteiger partial charge in [-0.15, -0.1) is 0 Å². The number of carbonyl (C=O) groups excluding carboxylic acids is 1. The summed E-state index contributed by atoms with van der Waals surface area (Å²) in [6, 6.07) is 8.26. The molecule has 1 heterocycles. The Morgan fingerprint density at radius 3 is 2.41 bits per heavy atom. The summed E-state index contributed by atoms with van der Waals surface area (Å²) in [6.07, 6.45) is 1.52. The van der Waals surface area contributed by atoms with Gasteiger partial charge in [0.25, 0.3) is 5.91 Å². The molecule has 1 aromatic heterocycles. The molecular formula is C22H21ClF3N5O. The second-order valence-corrected chi connectivity index (χ2v) is 7.41. The molecule has 0 aliphatic rings. The van der Waals surface area contributed by atoms with Crippen LogP contribution in [0.4, 0.5) is 19.0 Å². The molecule has 168 valence electrons. The van der Waals surface area contributed by atoms with Crippen molar-refractivity contribution in [1.82, 2.24) is 15.5 Å². The van der Waals surface area contributed by atoms with E-state index in [4.69, 9.17) is 11.6 Å². The summed E-state index contributed by atoms with van der Waals surface area (Å²) in [5.41, 5.74) is 0.558. The van der Waals surface area contributed by atoms with Gasteiger partial charge in [-0.05, 0) is 43.2 Å². The molecule has 0 saturated heterocycles. The Labute approximate surface area is 187 Å². The van der Waals surface area contributed by atoms with Crippen LogP contribution in [-0.2, 0) is 0 Å². The molecular weight excluding hydrogens is 443 g/mol. The largest absolute Gasteiger partial charge is 0.353 e. The number of halogens is 4. The Kier molecular flexibility index (Phi) is 7.53. The molecule has 0 spiro atoms. The number of nitrogens with zero attached hydrogens (tertiary/aromatic N) is 2. The SMILES string of the molecule is CCC(CC)N/C(=N/C(=O)c1ccc(Cl)c(F)c1)Nc1cc(-c2cc(F)cc(F)c2)n[nH]1. The van der Waals surface area contributed by atoms with Gasteiger partial charge in [-0.25, -0.2) is 13.2 Å². The average Bonchev–Trinajstić information content (AvgIpc) is 3.21. The molecule has 0 atom stereocenters. The summed E-state index contributed by atoms with van der Waals surface area (Å²) < 4.78 is 40.8. The number of carbonyl (C=O) groups is 1. The third-order valence-corrected chi connectivity index (χ3v) is 5.00. The highest BCUT2D eigenvalue weighted by atomic mass is 35.5. The summed E-state index contributed by atoms with van der Waals surface area (Å²) in [4.78, 5) is 16.6. The first kappa shape index (κ1) is 23.3. The molecule has 0 unspecified atom stereocenters. The van der Waals surface area contributed by atoms with E-state index >= 15 is 0 Å². The van der Waals surface area contributed by atoms with Gasteiger partial charge < -0.3 is 10.6 Å². The maximum Gasteiger partial charge on any atom is 0.280 e. The van der Waals surface area contributed by atoms with Crippen LogP contribution in [0.1, 0.15) is 37.0 Å². The first-order chi connectivity index (χ1) is 15.3. The van der Waals surface area contributed by atoms with E-state index in [1.165, 1.54) is 18.2 Å². The number of hydrogen-bond acceptors (Lipinski definition) is 2. The van der Waals surface area contributed by atoms with Gasteiger partial charge in [-0.3, -0.25) is 9.89 Å². The molecule has 3 N–H and O–H groups in total. The van der Waals surface area contributed by atoms with E-state index in [0.717, 1.165) is 37.1 Å². The van der Waals surface area contributed by atoms with E-state index in [1.54, 1.807) is 0 Å². The molecule has 1 amide bonds. The number of benzene rings is 2. The smallest absolute Gasteiger partial charge is 0.280 e. The van der Waals surface area contributed by atoms with E-state index in [-0.39, 0.29) is 28.2 Å². The lowest BCUT2D eigenvalue weighted by Crippen LogP contribution is -2.39. The van der Waals surface area contributed by atoms with Crippen molar-refractivity contribution in [2.45, 2.75) is 32.7 Å². The zero-order chi connectivity index (χ0) is 23.3. The van der Waals surface area contributed by atoms with E-state index in [0.29, 0.717) is 11.5 Å². The van der Waals surface area contributed by atoms with Gasteiger partial charge in [0, 0.05) is 29.3 Å². The van der Waals surface area contributed by atoms with Crippen molar-refractivity contribution in [3.63, 3.8) is 0 Å². The number of anilines is 1. The maximum atomic E-state index is 13.7. The van der Waals surface area contributed by atoms with Crippen LogP contribution in [-0.4, -0.2) is 28.1 Å². The predicted molar refractivity (Wildman–Crippen MR) is 118 cm³/mol. The number of hydrogen-bond donors (Lipinski definition) is 3. The quantitative estimate of drug-likeness (QED) is 0.331. The molecule has 10 heteroatoms. The fraction of sp³-hybridized carbons (Fsp3) is 0.227. The van der Waals surface area contributed by atoms with Crippen LogP contribution in [0.15, 0.2) is 47.5 Å². The molecule has 0 aliphatic heterocycles. The predicted octanol–water partition coefficient (Wildman–Crippen LogP) is 5.53. The lowest BCUT2D eigenvalue weighted by molar-refractivity contribution is 0.100. The van der Waals surface area contributed by atoms with Crippen LogP contribution < -0.4 is 10.6 Å². The number of guanidine groups is 1. The van der Waals surface area contributed by atoms with Crippen molar-refractivity contribution in [2.75, 3.05) is 5.32 Å². The lowest BCUT2D eigenvalue weighted by Gasteiger charge is -2.18. The van der Waals surface area contributed by atoms with Crippen molar-refractivity contribution >= 4 is 29.3 Å². The Hall–Kier alpha value is -3.33. The molecule has 32 heavy (non-hydrogen) atoms. The monoisotopic (exact) mass is 463 g/mol. The van der Waals surface area contributed by atoms with E-state index in [9.17, 15) is 18.0 Å². The summed E-state index contributed by atoms with van der Waals surface area (Å²) in [5.74, 6) is -2.42. The first-order valence-corrected chi connectivity index (χ1v) is 10.3. The van der Waals surface area contributed by atoms with E-state index in [1.807, 2.05) is 13.8 Å². The molecule has 3 rings (SSSR count). The Balaban J connectivity index is 1.87. The third-order valence-electron chi connectivity index (χ3n) is 4.70. The van der Waals surface area contributed by atoms with Crippen LogP contribution in [0.3, 0.4) is 0 Å². The van der Waals surface area contributed by atoms with Gasteiger partial charge in [0.05, 0.1) is 10.7 Å². The van der Waals surface area contributed by atoms with Gasteiger partial charge in [0.2, 0.25) is 5.96 Å². The van der Waals surface area contributed by atoms with Crippen LogP contribution in [0.2, 0.25) is 5.02 Å². The van der Waals surface area contributed by atoms with Gasteiger partial charge in [-0.2, -0.15) is 10.1 Å². The number of aromatic nitrogens is 2. The second-order valence-electron chi connectivity index (χ2n) is 7.00. The molecule has 0 aliphatic carbocycles. The highest BCUT2D eigenvalue weighted by Crippen LogP contribution is 2.22. The lowest BCUT2D eigenvalue weighted by atomic mass is 10.1. The maximum absolute atomic E-state index is 13.7. The minimum absolute atomic E-state index is 0.00992. The van der Waals surface area contributed by atoms with E-state index in [2.05, 4.69) is 25.8 Å². The first-order valence-electron chi connectivity index (χ1n) is 9.92. The summed E-state index contributed by atoms with van der Waals surface area (Å²) in [7, 11) is 0. The number of aliphatic imine (C=N–C) groups is 1. The molecule has 0 saturated carbocycles. The zero-order valence-electron chi connectivity index (χ0n) is 17.3. The summed E-state index contributed by atoms with van der Waals surface area (Å²) in [5, 5.41) is 12.7. The molecule has 6 nitrogen and oxygen atoms in total. The number of rotatable bonds is 6. The topological polar surface area (TPSA) is 82.2 Å². The fourth-order valence-corrected chi connectivity index (χ4v) is 3.06. The minimum Gasteiger partial charge on any atom is -0.353 e. The molecule has 0 bridgehead atoms. The molecule has 3 aromatic rings. The summed E-state index contributed by atoms with van der Waals surface area (Å²) >= 11 is 5.67. The van der Waals surface area contributed by atoms with Gasteiger partial charge in [0.15, 0.2) is 0 Å². The van der Waals surface area contributed by atoms with Gasteiger partial charge in [-0.1, -0.05) is 25.4 Å². The Morgan fingerprint density at radius 1 is 1.09 bits per heavy atom. The van der Waals surface area contributed by atoms with Crippen molar-refractivity contribution in [3.05, 3.63) is 70.5 Å². The van der Waals surface area contributed by atoms with Crippen LogP contribution in [0.5, 0.6) is 0 Å². The zero-order valence-corrected chi connectivity index (χ0v) is 18.1. The van der Waals surface area contributed by atoms with Gasteiger partial charge in [0.1, 0.15) is 23.3 Å². The Bertz CT molecular complexity index is 1120. The van der Waals surface area contributed by atoms with Gasteiger partial charge >= 0.3 is 0 Å². The van der Waals surface area contributed by atoms with E-state index < -0.39 is 23.4 Å².